The molecule has 2 rings (SSSR count). The van der Waals surface area contributed by atoms with E-state index in [2.05, 4.69) is 5.32 Å². The lowest BCUT2D eigenvalue weighted by Gasteiger charge is -2.18. The van der Waals surface area contributed by atoms with E-state index in [1.165, 1.54) is 11.3 Å². The number of benzene rings is 1. The Bertz CT molecular complexity index is 747. The van der Waals surface area contributed by atoms with E-state index in [1.807, 2.05) is 0 Å². The topological polar surface area (TPSA) is 102 Å². The van der Waals surface area contributed by atoms with Gasteiger partial charge in [0.1, 0.15) is 4.88 Å². The first-order valence-electron chi connectivity index (χ1n) is 7.57. The van der Waals surface area contributed by atoms with Gasteiger partial charge in [0.25, 0.3) is 0 Å². The molecule has 138 valence electrons. The molecule has 0 radical (unpaired) electrons. The van der Waals surface area contributed by atoms with Crippen molar-refractivity contribution in [2.75, 3.05) is 6.79 Å². The summed E-state index contributed by atoms with van der Waals surface area (Å²) >= 11 is 7.05. The summed E-state index contributed by atoms with van der Waals surface area (Å²) in [4.78, 5) is 34.8. The number of rotatable bonds is 8. The second-order valence-electron chi connectivity index (χ2n) is 5.14. The van der Waals surface area contributed by atoms with Gasteiger partial charge in [0, 0.05) is 11.4 Å². The summed E-state index contributed by atoms with van der Waals surface area (Å²) in [6.07, 6.45) is -0.795. The van der Waals surface area contributed by atoms with Crippen LogP contribution in [0.25, 0.3) is 0 Å². The largest absolute Gasteiger partial charge is 0.481 e. The molecule has 0 aliphatic heterocycles. The van der Waals surface area contributed by atoms with Crippen LogP contribution in [0.5, 0.6) is 0 Å². The SMILES string of the molecule is O=C(O)CCC(NC(=O)OCOC(=O)c1cccs1)c1ccc(Cl)cc1. The predicted molar refractivity (Wildman–Crippen MR) is 95.3 cm³/mol. The molecule has 1 unspecified atom stereocenters. The van der Waals surface area contributed by atoms with Crippen molar-refractivity contribution in [3.8, 4) is 0 Å². The van der Waals surface area contributed by atoms with Crippen LogP contribution in [-0.4, -0.2) is 29.9 Å². The normalized spacial score (nSPS) is 11.4. The third kappa shape index (κ3) is 6.38. The minimum absolute atomic E-state index is 0.138. The summed E-state index contributed by atoms with van der Waals surface area (Å²) in [6.45, 7) is -0.547. The Morgan fingerprint density at radius 2 is 1.88 bits per heavy atom. The maximum absolute atomic E-state index is 11.9. The van der Waals surface area contributed by atoms with Gasteiger partial charge in [0.05, 0.1) is 6.04 Å². The Kier molecular flexibility index (Phi) is 7.43. The Balaban J connectivity index is 1.87. The molecule has 1 amide bonds. The van der Waals surface area contributed by atoms with E-state index in [0.717, 1.165) is 0 Å². The standard InChI is InChI=1S/C17H16ClNO6S/c18-12-5-3-11(4-6-12)13(7-8-15(20)21)19-17(23)25-10-24-16(22)14-2-1-9-26-14/h1-6,9,13H,7-8,10H2,(H,19,23)(H,20,21). The number of carboxylic acids is 1. The molecule has 7 nitrogen and oxygen atoms in total. The maximum atomic E-state index is 11.9. The van der Waals surface area contributed by atoms with Gasteiger partial charge in [-0.3, -0.25) is 4.79 Å². The van der Waals surface area contributed by atoms with Crippen LogP contribution in [0.15, 0.2) is 41.8 Å². The van der Waals surface area contributed by atoms with Crippen LogP contribution in [0.4, 0.5) is 4.79 Å². The van der Waals surface area contributed by atoms with Crippen LogP contribution in [-0.2, 0) is 14.3 Å². The molecule has 1 aromatic carbocycles. The van der Waals surface area contributed by atoms with Crippen LogP contribution in [0, 0.1) is 0 Å². The van der Waals surface area contributed by atoms with Crippen LogP contribution in [0.3, 0.4) is 0 Å². The number of alkyl carbamates (subject to hydrolysis) is 1. The Hall–Kier alpha value is -2.58. The molecule has 1 aromatic heterocycles. The molecule has 0 spiro atoms. The first kappa shape index (κ1) is 19.7. The molecule has 1 heterocycles. The molecule has 0 aliphatic carbocycles. The molecular weight excluding hydrogens is 382 g/mol. The highest BCUT2D eigenvalue weighted by atomic mass is 35.5. The summed E-state index contributed by atoms with van der Waals surface area (Å²) in [5.41, 5.74) is 0.684. The minimum Gasteiger partial charge on any atom is -0.481 e. The van der Waals surface area contributed by atoms with Gasteiger partial charge < -0.3 is 19.9 Å². The van der Waals surface area contributed by atoms with E-state index < -0.39 is 30.9 Å². The van der Waals surface area contributed by atoms with Crippen LogP contribution >= 0.6 is 22.9 Å². The average Bonchev–Trinajstić information content (AvgIpc) is 3.14. The fourth-order valence-corrected chi connectivity index (χ4v) is 2.81. The number of amides is 1. The van der Waals surface area contributed by atoms with Gasteiger partial charge in [-0.2, -0.15) is 0 Å². The molecular formula is C17H16ClNO6S. The van der Waals surface area contributed by atoms with Crippen molar-refractivity contribution in [1.82, 2.24) is 5.32 Å². The van der Waals surface area contributed by atoms with E-state index >= 15 is 0 Å². The summed E-state index contributed by atoms with van der Waals surface area (Å²) in [7, 11) is 0. The summed E-state index contributed by atoms with van der Waals surface area (Å²) in [5, 5.41) is 13.7. The Labute approximate surface area is 158 Å². The number of hydrogen-bond acceptors (Lipinski definition) is 6. The van der Waals surface area contributed by atoms with Gasteiger partial charge in [-0.05, 0) is 35.6 Å². The fourth-order valence-electron chi connectivity index (χ4n) is 2.07. The number of aliphatic carboxylic acids is 1. The number of hydrogen-bond donors (Lipinski definition) is 2. The molecule has 0 bridgehead atoms. The average molecular weight is 398 g/mol. The second-order valence-corrected chi connectivity index (χ2v) is 6.52. The Morgan fingerprint density at radius 3 is 2.50 bits per heavy atom. The van der Waals surface area contributed by atoms with Crippen molar-refractivity contribution in [2.45, 2.75) is 18.9 Å². The molecule has 0 fully saturated rings. The zero-order valence-corrected chi connectivity index (χ0v) is 15.1. The van der Waals surface area contributed by atoms with Gasteiger partial charge in [0.15, 0.2) is 0 Å². The molecule has 2 aromatic rings. The van der Waals surface area contributed by atoms with Gasteiger partial charge >= 0.3 is 18.0 Å². The van der Waals surface area contributed by atoms with Crippen LogP contribution in [0.1, 0.15) is 34.1 Å². The lowest BCUT2D eigenvalue weighted by molar-refractivity contribution is -0.137. The number of halogens is 1. The highest BCUT2D eigenvalue weighted by Crippen LogP contribution is 2.21. The number of carbonyl (C=O) groups excluding carboxylic acids is 2. The Morgan fingerprint density at radius 1 is 1.15 bits per heavy atom. The van der Waals surface area contributed by atoms with E-state index in [1.54, 1.807) is 41.8 Å². The molecule has 0 aliphatic rings. The van der Waals surface area contributed by atoms with Gasteiger partial charge in [-0.25, -0.2) is 9.59 Å². The van der Waals surface area contributed by atoms with Crippen LogP contribution in [0.2, 0.25) is 5.02 Å². The van der Waals surface area contributed by atoms with Gasteiger partial charge in [-0.1, -0.05) is 29.8 Å². The first-order chi connectivity index (χ1) is 12.5. The van der Waals surface area contributed by atoms with Gasteiger partial charge in [-0.15, -0.1) is 11.3 Å². The van der Waals surface area contributed by atoms with E-state index in [-0.39, 0.29) is 12.8 Å². The summed E-state index contributed by atoms with van der Waals surface area (Å²) < 4.78 is 9.67. The highest BCUT2D eigenvalue weighted by molar-refractivity contribution is 7.11. The number of carboxylic acid groups (broad SMARTS) is 1. The van der Waals surface area contributed by atoms with Crippen molar-refractivity contribution >= 4 is 41.0 Å². The van der Waals surface area contributed by atoms with Gasteiger partial charge in [0.2, 0.25) is 6.79 Å². The quantitative estimate of drug-likeness (QED) is 0.518. The molecule has 2 N–H and O–H groups in total. The first-order valence-corrected chi connectivity index (χ1v) is 8.82. The second kappa shape index (κ2) is 9.79. The van der Waals surface area contributed by atoms with Crippen molar-refractivity contribution in [3.05, 3.63) is 57.2 Å². The minimum atomic E-state index is -0.982. The van der Waals surface area contributed by atoms with Crippen molar-refractivity contribution in [2.24, 2.45) is 0 Å². The lowest BCUT2D eigenvalue weighted by atomic mass is 10.0. The smallest absolute Gasteiger partial charge is 0.410 e. The van der Waals surface area contributed by atoms with Crippen molar-refractivity contribution in [3.63, 3.8) is 0 Å². The third-order valence-corrected chi connectivity index (χ3v) is 4.42. The summed E-state index contributed by atoms with van der Waals surface area (Å²) in [5.74, 6) is -1.57. The monoisotopic (exact) mass is 397 g/mol. The van der Waals surface area contributed by atoms with Crippen LogP contribution < -0.4 is 5.32 Å². The predicted octanol–water partition coefficient (Wildman–Crippen LogP) is 3.85. The summed E-state index contributed by atoms with van der Waals surface area (Å²) in [6, 6.07) is 9.37. The number of ether oxygens (including phenoxy) is 2. The molecule has 26 heavy (non-hydrogen) atoms. The molecule has 0 saturated heterocycles. The molecule has 9 heteroatoms. The maximum Gasteiger partial charge on any atom is 0.410 e. The third-order valence-electron chi connectivity index (χ3n) is 3.31. The van der Waals surface area contributed by atoms with E-state index in [4.69, 9.17) is 26.2 Å². The number of carbonyl (C=O) groups is 3. The highest BCUT2D eigenvalue weighted by Gasteiger charge is 2.17. The zero-order valence-electron chi connectivity index (χ0n) is 13.5. The number of esters is 1. The lowest BCUT2D eigenvalue weighted by Crippen LogP contribution is -2.30. The van der Waals surface area contributed by atoms with Crippen molar-refractivity contribution < 1.29 is 29.0 Å². The number of nitrogens with one attached hydrogen (secondary N) is 1. The molecule has 0 saturated carbocycles. The zero-order chi connectivity index (χ0) is 18.9. The fraction of sp³-hybridized carbons (Fsp3) is 0.235. The van der Waals surface area contributed by atoms with Crippen molar-refractivity contribution in [1.29, 1.82) is 0 Å². The van der Waals surface area contributed by atoms with E-state index in [0.29, 0.717) is 15.5 Å². The van der Waals surface area contributed by atoms with E-state index in [9.17, 15) is 14.4 Å². The number of thiophene rings is 1. The molecule has 1 atom stereocenters.